The summed E-state index contributed by atoms with van der Waals surface area (Å²) in [7, 11) is 2.40. The van der Waals surface area contributed by atoms with E-state index >= 15 is 0 Å². The molecule has 0 N–H and O–H groups in total. The molecule has 0 bridgehead atoms. The third-order valence-electron chi connectivity index (χ3n) is 3.27. The highest BCUT2D eigenvalue weighted by Gasteiger charge is 2.48. The number of rotatable bonds is 7. The molecular weight excluding hydrogens is 360 g/mol. The first-order valence-electron chi connectivity index (χ1n) is 7.55. The van der Waals surface area contributed by atoms with Gasteiger partial charge in [-0.05, 0) is 19.1 Å². The zero-order valence-corrected chi connectivity index (χ0v) is 15.1. The molecule has 9 heteroatoms. The summed E-state index contributed by atoms with van der Waals surface area (Å²) in [4.78, 5) is 59.4. The molecule has 1 aromatic rings. The van der Waals surface area contributed by atoms with Gasteiger partial charge in [-0.15, -0.1) is 0 Å². The number of esters is 4. The Hall–Kier alpha value is -3.49. The van der Waals surface area contributed by atoms with Crippen LogP contribution in [0, 0.1) is 0 Å². The lowest BCUT2D eigenvalue weighted by Gasteiger charge is -2.25. The minimum Gasteiger partial charge on any atom is -0.496 e. The van der Waals surface area contributed by atoms with Crippen LogP contribution in [0.1, 0.15) is 24.2 Å². The average molecular weight is 378 g/mol. The Morgan fingerprint density at radius 2 is 1.56 bits per heavy atom. The van der Waals surface area contributed by atoms with Gasteiger partial charge in [-0.3, -0.25) is 9.59 Å². The number of ketones is 1. The molecule has 0 fully saturated rings. The summed E-state index contributed by atoms with van der Waals surface area (Å²) in [5.74, 6) is -5.31. The zero-order valence-electron chi connectivity index (χ0n) is 15.1. The highest BCUT2D eigenvalue weighted by atomic mass is 16.6. The van der Waals surface area contributed by atoms with Gasteiger partial charge in [-0.25, -0.2) is 14.4 Å². The molecule has 0 radical (unpaired) electrons. The van der Waals surface area contributed by atoms with Crippen LogP contribution >= 0.6 is 0 Å². The highest BCUT2D eigenvalue weighted by molar-refractivity contribution is 6.18. The Bertz CT molecular complexity index is 794. The fourth-order valence-corrected chi connectivity index (χ4v) is 1.94. The molecule has 27 heavy (non-hydrogen) atoms. The summed E-state index contributed by atoms with van der Waals surface area (Å²) in [5, 5.41) is 0. The largest absolute Gasteiger partial charge is 0.496 e. The van der Waals surface area contributed by atoms with Gasteiger partial charge in [0.05, 0.1) is 19.8 Å². The molecule has 0 aromatic heterocycles. The van der Waals surface area contributed by atoms with E-state index in [4.69, 9.17) is 9.47 Å². The maximum Gasteiger partial charge on any atom is 0.366 e. The standard InChI is InChI=1S/C18H18O9/c1-11(19)26-17(23)18(2,27-15(21)10-9-14(20)25-4)16(22)12-7-5-6-8-13(12)24-3/h5-10H,1-4H3. The molecule has 144 valence electrons. The van der Waals surface area contributed by atoms with Gasteiger partial charge < -0.3 is 18.9 Å². The van der Waals surface area contributed by atoms with Gasteiger partial charge >= 0.3 is 23.9 Å². The van der Waals surface area contributed by atoms with Crippen LogP contribution in [0.25, 0.3) is 0 Å². The number of carbonyl (C=O) groups is 5. The maximum atomic E-state index is 12.9. The summed E-state index contributed by atoms with van der Waals surface area (Å²) >= 11 is 0. The highest BCUT2D eigenvalue weighted by Crippen LogP contribution is 2.26. The van der Waals surface area contributed by atoms with Gasteiger partial charge in [0.15, 0.2) is 0 Å². The van der Waals surface area contributed by atoms with E-state index in [9.17, 15) is 24.0 Å². The Labute approximate surface area is 154 Å². The number of methoxy groups -OCH3 is 2. The lowest BCUT2D eigenvalue weighted by Crippen LogP contribution is -2.49. The first-order valence-corrected chi connectivity index (χ1v) is 7.55. The second-order valence-electron chi connectivity index (χ2n) is 5.22. The molecule has 0 heterocycles. The second kappa shape index (κ2) is 9.27. The minimum absolute atomic E-state index is 0.0762. The Balaban J connectivity index is 3.29. The third kappa shape index (κ3) is 5.50. The Kier molecular flexibility index (Phi) is 7.40. The minimum atomic E-state index is -2.50. The number of carbonyl (C=O) groups excluding carboxylic acids is 5. The summed E-state index contributed by atoms with van der Waals surface area (Å²) in [6, 6.07) is 5.90. The number of para-hydroxylation sites is 1. The van der Waals surface area contributed by atoms with E-state index in [-0.39, 0.29) is 11.3 Å². The molecule has 0 saturated carbocycles. The summed E-state index contributed by atoms with van der Waals surface area (Å²) < 4.78 is 18.8. The fourth-order valence-electron chi connectivity index (χ4n) is 1.94. The lowest BCUT2D eigenvalue weighted by atomic mass is 9.93. The van der Waals surface area contributed by atoms with Crippen LogP contribution in [0.15, 0.2) is 36.4 Å². The van der Waals surface area contributed by atoms with Crippen LogP contribution in [0.2, 0.25) is 0 Å². The van der Waals surface area contributed by atoms with Crippen molar-refractivity contribution in [3.8, 4) is 5.75 Å². The molecule has 9 nitrogen and oxygen atoms in total. The number of ether oxygens (including phenoxy) is 4. The van der Waals surface area contributed by atoms with E-state index in [0.717, 1.165) is 27.0 Å². The monoisotopic (exact) mass is 378 g/mol. The van der Waals surface area contributed by atoms with Gasteiger partial charge in [0.2, 0.25) is 5.78 Å². The van der Waals surface area contributed by atoms with Crippen molar-refractivity contribution in [1.29, 1.82) is 0 Å². The first-order chi connectivity index (χ1) is 12.7. The summed E-state index contributed by atoms with van der Waals surface area (Å²) in [6.07, 6.45) is 1.41. The van der Waals surface area contributed by atoms with Crippen LogP contribution in [-0.4, -0.2) is 49.5 Å². The maximum absolute atomic E-state index is 12.9. The van der Waals surface area contributed by atoms with Crippen molar-refractivity contribution in [1.82, 2.24) is 0 Å². The van der Waals surface area contributed by atoms with Crippen molar-refractivity contribution >= 4 is 29.7 Å². The Morgan fingerprint density at radius 1 is 0.963 bits per heavy atom. The molecule has 0 amide bonds. The van der Waals surface area contributed by atoms with Gasteiger partial charge in [-0.2, -0.15) is 0 Å². The predicted molar refractivity (Wildman–Crippen MR) is 89.8 cm³/mol. The van der Waals surface area contributed by atoms with Crippen molar-refractivity contribution in [3.63, 3.8) is 0 Å². The van der Waals surface area contributed by atoms with Gasteiger partial charge in [0.1, 0.15) is 5.75 Å². The average Bonchev–Trinajstić information content (AvgIpc) is 2.64. The second-order valence-corrected chi connectivity index (χ2v) is 5.22. The van der Waals surface area contributed by atoms with Crippen LogP contribution in [-0.2, 0) is 33.4 Å². The van der Waals surface area contributed by atoms with E-state index in [1.807, 2.05) is 0 Å². The Morgan fingerprint density at radius 3 is 2.11 bits per heavy atom. The fraction of sp³-hybridized carbons (Fsp3) is 0.278. The number of benzene rings is 1. The molecule has 0 aliphatic carbocycles. The number of hydrogen-bond acceptors (Lipinski definition) is 9. The van der Waals surface area contributed by atoms with Crippen molar-refractivity contribution in [3.05, 3.63) is 42.0 Å². The summed E-state index contributed by atoms with van der Waals surface area (Å²) in [5.41, 5.74) is -2.58. The molecule has 0 spiro atoms. The zero-order chi connectivity index (χ0) is 20.6. The van der Waals surface area contributed by atoms with E-state index in [1.165, 1.54) is 25.3 Å². The predicted octanol–water partition coefficient (Wildman–Crippen LogP) is 0.999. The van der Waals surface area contributed by atoms with Gasteiger partial charge in [-0.1, -0.05) is 12.1 Å². The van der Waals surface area contributed by atoms with Crippen molar-refractivity contribution < 1.29 is 42.9 Å². The van der Waals surface area contributed by atoms with Crippen molar-refractivity contribution in [2.24, 2.45) is 0 Å². The molecular formula is C18H18O9. The molecule has 1 aromatic carbocycles. The lowest BCUT2D eigenvalue weighted by molar-refractivity contribution is -0.176. The summed E-state index contributed by atoms with van der Waals surface area (Å²) in [6.45, 7) is 1.92. The topological polar surface area (TPSA) is 122 Å². The van der Waals surface area contributed by atoms with Crippen LogP contribution in [0.3, 0.4) is 0 Å². The van der Waals surface area contributed by atoms with Crippen molar-refractivity contribution in [2.75, 3.05) is 14.2 Å². The smallest absolute Gasteiger partial charge is 0.366 e. The van der Waals surface area contributed by atoms with Crippen molar-refractivity contribution in [2.45, 2.75) is 19.4 Å². The molecule has 1 rings (SSSR count). The molecule has 0 aliphatic heterocycles. The SMILES string of the molecule is COC(=O)C=CC(=O)OC(C)(C(=O)OC(C)=O)C(=O)c1ccccc1OC. The molecule has 1 atom stereocenters. The van der Waals surface area contributed by atoms with Gasteiger partial charge in [0.25, 0.3) is 5.60 Å². The van der Waals surface area contributed by atoms with E-state index in [1.54, 1.807) is 6.07 Å². The van der Waals surface area contributed by atoms with E-state index < -0.39 is 35.3 Å². The third-order valence-corrected chi connectivity index (χ3v) is 3.27. The number of hydrogen-bond donors (Lipinski definition) is 0. The number of Topliss-reactive ketones (excluding diaryl/α,β-unsaturated/α-hetero) is 1. The molecule has 0 saturated heterocycles. The first kappa shape index (κ1) is 21.6. The van der Waals surface area contributed by atoms with E-state index in [0.29, 0.717) is 6.08 Å². The van der Waals surface area contributed by atoms with Crippen LogP contribution < -0.4 is 4.74 Å². The van der Waals surface area contributed by atoms with Crippen LogP contribution in [0.4, 0.5) is 0 Å². The van der Waals surface area contributed by atoms with Crippen LogP contribution in [0.5, 0.6) is 5.75 Å². The van der Waals surface area contributed by atoms with Gasteiger partial charge in [0, 0.05) is 19.1 Å². The molecule has 1 unspecified atom stereocenters. The van der Waals surface area contributed by atoms with E-state index in [2.05, 4.69) is 9.47 Å². The normalized spacial score (nSPS) is 12.6. The molecule has 0 aliphatic rings. The quantitative estimate of drug-likeness (QED) is 0.225.